The van der Waals surface area contributed by atoms with Crippen molar-refractivity contribution in [3.63, 3.8) is 0 Å². The molecular weight excluding hydrogens is 266 g/mol. The molecule has 0 saturated carbocycles. The number of nitrogens with zero attached hydrogens (tertiary/aromatic N) is 2. The van der Waals surface area contributed by atoms with Crippen molar-refractivity contribution in [2.24, 2.45) is 5.73 Å². The average Bonchev–Trinajstić information content (AvgIpc) is 2.86. The van der Waals surface area contributed by atoms with E-state index < -0.39 is 0 Å². The number of carbonyl (C=O) groups is 2. The van der Waals surface area contributed by atoms with Crippen LogP contribution in [0.1, 0.15) is 39.5 Å². The first-order valence-electron chi connectivity index (χ1n) is 6.94. The lowest BCUT2D eigenvalue weighted by atomic mass is 10.1. The lowest BCUT2D eigenvalue weighted by molar-refractivity contribution is -0.143. The number of hydrogen-bond acceptors (Lipinski definition) is 3. The molecule has 1 heterocycles. The van der Waals surface area contributed by atoms with Gasteiger partial charge in [0.2, 0.25) is 11.8 Å². The predicted octanol–water partition coefficient (Wildman–Crippen LogP) is 1.01. The van der Waals surface area contributed by atoms with Gasteiger partial charge in [-0.2, -0.15) is 0 Å². The minimum absolute atomic E-state index is 0. The van der Waals surface area contributed by atoms with Crippen LogP contribution >= 0.6 is 12.4 Å². The number of likely N-dealkylation sites (tertiary alicyclic amines) is 1. The van der Waals surface area contributed by atoms with Crippen LogP contribution in [0.5, 0.6) is 0 Å². The lowest BCUT2D eigenvalue weighted by Gasteiger charge is -2.29. The van der Waals surface area contributed by atoms with Crippen molar-refractivity contribution in [1.82, 2.24) is 9.80 Å². The van der Waals surface area contributed by atoms with Crippen LogP contribution in [0.15, 0.2) is 0 Å². The topological polar surface area (TPSA) is 66.6 Å². The van der Waals surface area contributed by atoms with Crippen LogP contribution in [0.25, 0.3) is 0 Å². The summed E-state index contributed by atoms with van der Waals surface area (Å²) in [7, 11) is 0. The van der Waals surface area contributed by atoms with Gasteiger partial charge in [0, 0.05) is 26.1 Å². The number of nitrogens with two attached hydrogens (primary N) is 1. The number of hydrogen-bond donors (Lipinski definition) is 1. The molecule has 1 rings (SSSR count). The molecule has 1 aliphatic heterocycles. The van der Waals surface area contributed by atoms with Gasteiger partial charge >= 0.3 is 0 Å². The molecule has 1 aliphatic rings. The standard InChI is InChI=1S/C13H25N3O2.ClH/c1-3-15(4-2)13(18)11-7-6-10-16(11)12(17)8-5-9-14;/h11H,3-10,14H2,1-2H3;1H. The molecule has 0 aromatic rings. The van der Waals surface area contributed by atoms with Gasteiger partial charge in [0.1, 0.15) is 6.04 Å². The number of halogens is 1. The van der Waals surface area contributed by atoms with Gasteiger partial charge in [-0.15, -0.1) is 12.4 Å². The van der Waals surface area contributed by atoms with Crippen LogP contribution in [-0.4, -0.2) is 53.8 Å². The summed E-state index contributed by atoms with van der Waals surface area (Å²) < 4.78 is 0. The molecule has 1 unspecified atom stereocenters. The quantitative estimate of drug-likeness (QED) is 0.794. The molecule has 0 spiro atoms. The molecular formula is C13H26ClN3O2. The van der Waals surface area contributed by atoms with Crippen LogP contribution in [-0.2, 0) is 9.59 Å². The minimum Gasteiger partial charge on any atom is -0.341 e. The molecule has 1 saturated heterocycles. The highest BCUT2D eigenvalue weighted by molar-refractivity contribution is 5.88. The van der Waals surface area contributed by atoms with E-state index in [9.17, 15) is 9.59 Å². The number of carbonyl (C=O) groups excluding carboxylic acids is 2. The van der Waals surface area contributed by atoms with Crippen molar-refractivity contribution in [3.8, 4) is 0 Å². The minimum atomic E-state index is -0.241. The SMILES string of the molecule is CCN(CC)C(=O)C1CCCN1C(=O)CCCN.Cl. The van der Waals surface area contributed by atoms with Crippen molar-refractivity contribution in [2.75, 3.05) is 26.2 Å². The molecule has 1 fully saturated rings. The second-order valence-corrected chi connectivity index (χ2v) is 4.65. The van der Waals surface area contributed by atoms with Crippen LogP contribution in [0, 0.1) is 0 Å². The maximum absolute atomic E-state index is 12.3. The van der Waals surface area contributed by atoms with Crippen molar-refractivity contribution in [1.29, 1.82) is 0 Å². The highest BCUT2D eigenvalue weighted by Crippen LogP contribution is 2.20. The third kappa shape index (κ3) is 4.66. The Balaban J connectivity index is 0.00000324. The summed E-state index contributed by atoms with van der Waals surface area (Å²) in [4.78, 5) is 27.9. The monoisotopic (exact) mass is 291 g/mol. The van der Waals surface area contributed by atoms with E-state index in [-0.39, 0.29) is 30.3 Å². The van der Waals surface area contributed by atoms with Crippen molar-refractivity contribution < 1.29 is 9.59 Å². The molecule has 0 aromatic heterocycles. The maximum Gasteiger partial charge on any atom is 0.245 e. The molecule has 5 nitrogen and oxygen atoms in total. The fourth-order valence-corrected chi connectivity index (χ4v) is 2.46. The Morgan fingerprint density at radius 3 is 2.47 bits per heavy atom. The van der Waals surface area contributed by atoms with E-state index in [2.05, 4.69) is 0 Å². The first-order valence-corrected chi connectivity index (χ1v) is 6.94. The Morgan fingerprint density at radius 1 is 1.32 bits per heavy atom. The average molecular weight is 292 g/mol. The van der Waals surface area contributed by atoms with Gasteiger partial charge in [0.15, 0.2) is 0 Å². The summed E-state index contributed by atoms with van der Waals surface area (Å²) in [6.45, 7) is 6.58. The smallest absolute Gasteiger partial charge is 0.245 e. The molecule has 0 radical (unpaired) electrons. The third-order valence-electron chi connectivity index (χ3n) is 3.53. The van der Waals surface area contributed by atoms with E-state index in [4.69, 9.17) is 5.73 Å². The molecule has 112 valence electrons. The molecule has 2 amide bonds. The van der Waals surface area contributed by atoms with Crippen molar-refractivity contribution >= 4 is 24.2 Å². The molecule has 6 heteroatoms. The third-order valence-corrected chi connectivity index (χ3v) is 3.53. The highest BCUT2D eigenvalue weighted by Gasteiger charge is 2.35. The molecule has 0 bridgehead atoms. The van der Waals surface area contributed by atoms with E-state index in [0.717, 1.165) is 12.8 Å². The van der Waals surface area contributed by atoms with Gasteiger partial charge < -0.3 is 15.5 Å². The van der Waals surface area contributed by atoms with Gasteiger partial charge in [0.25, 0.3) is 0 Å². The van der Waals surface area contributed by atoms with Crippen LogP contribution in [0.4, 0.5) is 0 Å². The summed E-state index contributed by atoms with van der Waals surface area (Å²) in [5, 5.41) is 0. The Labute approximate surface area is 121 Å². The van der Waals surface area contributed by atoms with Gasteiger partial charge in [-0.1, -0.05) is 0 Å². The summed E-state index contributed by atoms with van der Waals surface area (Å²) in [6, 6.07) is -0.241. The van der Waals surface area contributed by atoms with E-state index >= 15 is 0 Å². The van der Waals surface area contributed by atoms with E-state index in [1.165, 1.54) is 0 Å². The van der Waals surface area contributed by atoms with E-state index in [1.807, 2.05) is 13.8 Å². The van der Waals surface area contributed by atoms with Crippen molar-refractivity contribution in [3.05, 3.63) is 0 Å². The number of likely N-dealkylation sites (N-methyl/N-ethyl adjacent to an activating group) is 1. The fourth-order valence-electron chi connectivity index (χ4n) is 2.46. The summed E-state index contributed by atoms with van der Waals surface area (Å²) in [5.74, 6) is 0.169. The Morgan fingerprint density at radius 2 is 1.95 bits per heavy atom. The molecule has 0 aromatic carbocycles. The molecule has 0 aliphatic carbocycles. The van der Waals surface area contributed by atoms with Gasteiger partial charge in [0.05, 0.1) is 0 Å². The van der Waals surface area contributed by atoms with Crippen molar-refractivity contribution in [2.45, 2.75) is 45.6 Å². The normalized spacial score (nSPS) is 18.1. The van der Waals surface area contributed by atoms with E-state index in [0.29, 0.717) is 39.0 Å². The Hall–Kier alpha value is -0.810. The zero-order valence-corrected chi connectivity index (χ0v) is 12.7. The van der Waals surface area contributed by atoms with E-state index in [1.54, 1.807) is 9.80 Å². The highest BCUT2D eigenvalue weighted by atomic mass is 35.5. The Bertz CT molecular complexity index is 296. The van der Waals surface area contributed by atoms with Crippen LogP contribution in [0.2, 0.25) is 0 Å². The first-order chi connectivity index (χ1) is 8.65. The summed E-state index contributed by atoms with van der Waals surface area (Å²) >= 11 is 0. The number of rotatable bonds is 6. The largest absolute Gasteiger partial charge is 0.341 e. The fraction of sp³-hybridized carbons (Fsp3) is 0.846. The van der Waals surface area contributed by atoms with Gasteiger partial charge in [-0.05, 0) is 39.7 Å². The lowest BCUT2D eigenvalue weighted by Crippen LogP contribution is -2.47. The van der Waals surface area contributed by atoms with Gasteiger partial charge in [-0.25, -0.2) is 0 Å². The molecule has 1 atom stereocenters. The number of amides is 2. The first kappa shape index (κ1) is 18.2. The summed E-state index contributed by atoms with van der Waals surface area (Å²) in [6.07, 6.45) is 2.87. The second kappa shape index (κ2) is 9.15. The molecule has 2 N–H and O–H groups in total. The molecule has 19 heavy (non-hydrogen) atoms. The summed E-state index contributed by atoms with van der Waals surface area (Å²) in [5.41, 5.74) is 5.42. The predicted molar refractivity (Wildman–Crippen MR) is 78.2 cm³/mol. The van der Waals surface area contributed by atoms with Crippen LogP contribution < -0.4 is 5.73 Å². The zero-order chi connectivity index (χ0) is 13.5. The maximum atomic E-state index is 12.3. The van der Waals surface area contributed by atoms with Gasteiger partial charge in [-0.3, -0.25) is 9.59 Å². The zero-order valence-electron chi connectivity index (χ0n) is 11.9. The second-order valence-electron chi connectivity index (χ2n) is 4.65. The van der Waals surface area contributed by atoms with Crippen LogP contribution in [0.3, 0.4) is 0 Å². The Kier molecular flexibility index (Phi) is 8.76.